The SMILES string of the molecule is CCn1cc(CC(CNC2CC2)c2ccc(C)cc2)cn1. The maximum atomic E-state index is 4.40. The molecule has 2 aromatic rings. The molecule has 0 bridgehead atoms. The van der Waals surface area contributed by atoms with Gasteiger partial charge in [-0.05, 0) is 44.2 Å². The topological polar surface area (TPSA) is 29.9 Å². The van der Waals surface area contributed by atoms with Gasteiger partial charge in [0.1, 0.15) is 0 Å². The van der Waals surface area contributed by atoms with Crippen LogP contribution >= 0.6 is 0 Å². The lowest BCUT2D eigenvalue weighted by molar-refractivity contribution is 0.576. The van der Waals surface area contributed by atoms with Crippen LogP contribution in [0.25, 0.3) is 0 Å². The molecule has 1 aromatic heterocycles. The van der Waals surface area contributed by atoms with Gasteiger partial charge in [0.15, 0.2) is 0 Å². The van der Waals surface area contributed by atoms with Gasteiger partial charge >= 0.3 is 0 Å². The minimum Gasteiger partial charge on any atom is -0.313 e. The van der Waals surface area contributed by atoms with E-state index in [4.69, 9.17) is 0 Å². The van der Waals surface area contributed by atoms with E-state index < -0.39 is 0 Å². The molecule has 21 heavy (non-hydrogen) atoms. The molecule has 3 heteroatoms. The van der Waals surface area contributed by atoms with E-state index in [1.54, 1.807) is 0 Å². The molecule has 0 radical (unpaired) electrons. The van der Waals surface area contributed by atoms with E-state index in [0.717, 1.165) is 25.6 Å². The highest BCUT2D eigenvalue weighted by atomic mass is 15.3. The van der Waals surface area contributed by atoms with E-state index in [1.807, 2.05) is 10.9 Å². The average molecular weight is 283 g/mol. The van der Waals surface area contributed by atoms with Crippen LogP contribution in [0.4, 0.5) is 0 Å². The molecule has 0 spiro atoms. The lowest BCUT2D eigenvalue weighted by atomic mass is 9.92. The quantitative estimate of drug-likeness (QED) is 0.845. The fraction of sp³-hybridized carbons (Fsp3) is 0.500. The first-order valence-corrected chi connectivity index (χ1v) is 8.06. The number of aryl methyl sites for hydroxylation is 2. The largest absolute Gasteiger partial charge is 0.313 e. The molecule has 3 rings (SSSR count). The summed E-state index contributed by atoms with van der Waals surface area (Å²) in [6.45, 7) is 6.27. The molecule has 3 nitrogen and oxygen atoms in total. The van der Waals surface area contributed by atoms with Gasteiger partial charge in [-0.3, -0.25) is 4.68 Å². The highest BCUT2D eigenvalue weighted by Crippen LogP contribution is 2.24. The molecule has 0 amide bonds. The van der Waals surface area contributed by atoms with Crippen molar-refractivity contribution in [2.45, 2.75) is 51.6 Å². The summed E-state index contributed by atoms with van der Waals surface area (Å²) < 4.78 is 2.01. The predicted octanol–water partition coefficient (Wildman–Crippen LogP) is 3.29. The molecular weight excluding hydrogens is 258 g/mol. The van der Waals surface area contributed by atoms with E-state index in [1.165, 1.54) is 29.5 Å². The Labute approximate surface area is 127 Å². The number of benzene rings is 1. The monoisotopic (exact) mass is 283 g/mol. The Bertz CT molecular complexity index is 566. The summed E-state index contributed by atoms with van der Waals surface area (Å²) in [7, 11) is 0. The van der Waals surface area contributed by atoms with Crippen molar-refractivity contribution < 1.29 is 0 Å². The van der Waals surface area contributed by atoms with E-state index in [0.29, 0.717) is 5.92 Å². The molecule has 1 atom stereocenters. The third-order valence-corrected chi connectivity index (χ3v) is 4.27. The molecular formula is C18H25N3. The number of hydrogen-bond donors (Lipinski definition) is 1. The molecule has 1 aliphatic rings. The van der Waals surface area contributed by atoms with Gasteiger partial charge in [0.05, 0.1) is 6.20 Å². The second-order valence-corrected chi connectivity index (χ2v) is 6.20. The van der Waals surface area contributed by atoms with Crippen LogP contribution in [-0.4, -0.2) is 22.4 Å². The Morgan fingerprint density at radius 3 is 2.67 bits per heavy atom. The van der Waals surface area contributed by atoms with Gasteiger partial charge in [-0.2, -0.15) is 5.10 Å². The van der Waals surface area contributed by atoms with Crippen LogP contribution < -0.4 is 5.32 Å². The van der Waals surface area contributed by atoms with Gasteiger partial charge in [-0.1, -0.05) is 29.8 Å². The Morgan fingerprint density at radius 1 is 1.29 bits per heavy atom. The first kappa shape index (κ1) is 14.3. The summed E-state index contributed by atoms with van der Waals surface area (Å²) in [4.78, 5) is 0. The molecule has 1 aromatic carbocycles. The first-order chi connectivity index (χ1) is 10.2. The zero-order valence-corrected chi connectivity index (χ0v) is 13.0. The summed E-state index contributed by atoms with van der Waals surface area (Å²) in [5.74, 6) is 0.528. The molecule has 1 saturated carbocycles. The van der Waals surface area contributed by atoms with E-state index >= 15 is 0 Å². The number of nitrogens with zero attached hydrogens (tertiary/aromatic N) is 2. The van der Waals surface area contributed by atoms with Crippen LogP contribution in [-0.2, 0) is 13.0 Å². The van der Waals surface area contributed by atoms with E-state index in [2.05, 4.69) is 54.7 Å². The van der Waals surface area contributed by atoms with Gasteiger partial charge in [0.2, 0.25) is 0 Å². The summed E-state index contributed by atoms with van der Waals surface area (Å²) in [5, 5.41) is 8.08. The molecule has 1 heterocycles. The number of nitrogens with one attached hydrogen (secondary N) is 1. The standard InChI is InChI=1S/C18H25N3/c1-3-21-13-15(11-20-21)10-17(12-19-18-8-9-18)16-6-4-14(2)5-7-16/h4-7,11,13,17-19H,3,8-10,12H2,1-2H3. The van der Waals surface area contributed by atoms with Crippen LogP contribution in [0, 0.1) is 6.92 Å². The minimum atomic E-state index is 0.528. The Hall–Kier alpha value is -1.61. The molecule has 1 aliphatic carbocycles. The zero-order chi connectivity index (χ0) is 14.7. The van der Waals surface area contributed by atoms with Gasteiger partial charge in [0, 0.05) is 31.2 Å². The van der Waals surface area contributed by atoms with Crippen molar-refractivity contribution in [2.75, 3.05) is 6.54 Å². The van der Waals surface area contributed by atoms with Gasteiger partial charge in [0.25, 0.3) is 0 Å². The second kappa shape index (κ2) is 6.44. The number of rotatable bonds is 7. The predicted molar refractivity (Wildman–Crippen MR) is 86.5 cm³/mol. The highest BCUT2D eigenvalue weighted by molar-refractivity contribution is 5.26. The summed E-state index contributed by atoms with van der Waals surface area (Å²) in [6, 6.07) is 9.75. The van der Waals surface area contributed by atoms with Crippen LogP contribution in [0.1, 0.15) is 42.4 Å². The maximum Gasteiger partial charge on any atom is 0.0521 e. The molecule has 1 fully saturated rings. The third kappa shape index (κ3) is 3.94. The van der Waals surface area contributed by atoms with Crippen molar-refractivity contribution in [3.05, 3.63) is 53.3 Å². The first-order valence-electron chi connectivity index (χ1n) is 8.06. The maximum absolute atomic E-state index is 4.40. The summed E-state index contributed by atoms with van der Waals surface area (Å²) in [5.41, 5.74) is 4.09. The molecule has 112 valence electrons. The number of hydrogen-bond acceptors (Lipinski definition) is 2. The van der Waals surface area contributed by atoms with Crippen molar-refractivity contribution in [3.8, 4) is 0 Å². The normalized spacial score (nSPS) is 16.1. The second-order valence-electron chi connectivity index (χ2n) is 6.20. The molecule has 1 N–H and O–H groups in total. The number of aromatic nitrogens is 2. The third-order valence-electron chi connectivity index (χ3n) is 4.27. The Morgan fingerprint density at radius 2 is 2.05 bits per heavy atom. The van der Waals surface area contributed by atoms with Crippen molar-refractivity contribution >= 4 is 0 Å². The van der Waals surface area contributed by atoms with Gasteiger partial charge < -0.3 is 5.32 Å². The van der Waals surface area contributed by atoms with Gasteiger partial charge in [-0.25, -0.2) is 0 Å². The molecule has 0 saturated heterocycles. The Kier molecular flexibility index (Phi) is 4.39. The van der Waals surface area contributed by atoms with Crippen LogP contribution in [0.3, 0.4) is 0 Å². The molecule has 0 aliphatic heterocycles. The Balaban J connectivity index is 1.72. The lowest BCUT2D eigenvalue weighted by Gasteiger charge is -2.18. The van der Waals surface area contributed by atoms with E-state index in [9.17, 15) is 0 Å². The van der Waals surface area contributed by atoms with Gasteiger partial charge in [-0.15, -0.1) is 0 Å². The van der Waals surface area contributed by atoms with Crippen molar-refractivity contribution in [1.29, 1.82) is 0 Å². The zero-order valence-electron chi connectivity index (χ0n) is 13.0. The van der Waals surface area contributed by atoms with E-state index in [-0.39, 0.29) is 0 Å². The fourth-order valence-corrected chi connectivity index (χ4v) is 2.71. The highest BCUT2D eigenvalue weighted by Gasteiger charge is 2.22. The van der Waals surface area contributed by atoms with Crippen LogP contribution in [0.2, 0.25) is 0 Å². The minimum absolute atomic E-state index is 0.528. The fourth-order valence-electron chi connectivity index (χ4n) is 2.71. The van der Waals surface area contributed by atoms with Crippen LogP contribution in [0.15, 0.2) is 36.7 Å². The van der Waals surface area contributed by atoms with Crippen molar-refractivity contribution in [2.24, 2.45) is 0 Å². The average Bonchev–Trinajstić information content (AvgIpc) is 3.22. The van der Waals surface area contributed by atoms with Crippen molar-refractivity contribution in [1.82, 2.24) is 15.1 Å². The molecule has 1 unspecified atom stereocenters. The lowest BCUT2D eigenvalue weighted by Crippen LogP contribution is -2.24. The van der Waals surface area contributed by atoms with Crippen LogP contribution in [0.5, 0.6) is 0 Å². The summed E-state index contributed by atoms with van der Waals surface area (Å²) in [6.07, 6.45) is 7.94. The van der Waals surface area contributed by atoms with Crippen molar-refractivity contribution in [3.63, 3.8) is 0 Å². The smallest absolute Gasteiger partial charge is 0.0521 e. The summed E-state index contributed by atoms with van der Waals surface area (Å²) >= 11 is 0.